The summed E-state index contributed by atoms with van der Waals surface area (Å²) in [6.07, 6.45) is 5.80. The molecular formula is C20H26Cl2N4O. The summed E-state index contributed by atoms with van der Waals surface area (Å²) < 4.78 is 0. The molecule has 3 heterocycles. The van der Waals surface area contributed by atoms with E-state index in [1.54, 1.807) is 0 Å². The van der Waals surface area contributed by atoms with E-state index >= 15 is 0 Å². The quantitative estimate of drug-likeness (QED) is 0.812. The number of fused-ring (bicyclic) bond motifs is 1. The fraction of sp³-hybridized carbons (Fsp3) is 0.400. The monoisotopic (exact) mass is 408 g/mol. The van der Waals surface area contributed by atoms with Crippen LogP contribution < -0.4 is 15.5 Å². The lowest BCUT2D eigenvalue weighted by atomic mass is 9.96. The second-order valence-electron chi connectivity index (χ2n) is 6.78. The third kappa shape index (κ3) is 4.85. The average molecular weight is 409 g/mol. The molecule has 7 heteroatoms. The van der Waals surface area contributed by atoms with Crippen LogP contribution in [0.25, 0.3) is 0 Å². The van der Waals surface area contributed by atoms with E-state index in [1.807, 2.05) is 36.5 Å². The summed E-state index contributed by atoms with van der Waals surface area (Å²) in [5.74, 6) is 1.09. The number of benzene rings is 1. The number of hydrogen-bond acceptors (Lipinski definition) is 4. The molecule has 0 spiro atoms. The molecule has 0 unspecified atom stereocenters. The first-order valence-corrected chi connectivity index (χ1v) is 9.14. The molecule has 0 aliphatic carbocycles. The molecule has 2 aromatic rings. The van der Waals surface area contributed by atoms with Gasteiger partial charge in [0.2, 0.25) is 0 Å². The smallest absolute Gasteiger partial charge is 0.251 e. The van der Waals surface area contributed by atoms with Crippen molar-refractivity contribution in [3.05, 3.63) is 53.7 Å². The molecular weight excluding hydrogens is 383 g/mol. The Balaban J connectivity index is 0.00000131. The first kappa shape index (κ1) is 21.3. The highest BCUT2D eigenvalue weighted by Crippen LogP contribution is 2.25. The fourth-order valence-corrected chi connectivity index (χ4v) is 3.78. The van der Waals surface area contributed by atoms with E-state index < -0.39 is 0 Å². The SMILES string of the molecule is Cl.Cl.O=C(NC1CCN(c2ccccn2)CC1)c1cccc2c1CCCN2. The summed E-state index contributed by atoms with van der Waals surface area (Å²) in [4.78, 5) is 19.5. The van der Waals surface area contributed by atoms with Gasteiger partial charge in [-0.2, -0.15) is 0 Å². The molecule has 0 saturated carbocycles. The van der Waals surface area contributed by atoms with Gasteiger partial charge in [0.25, 0.3) is 5.91 Å². The number of aromatic nitrogens is 1. The number of anilines is 2. The number of nitrogens with zero attached hydrogens (tertiary/aromatic N) is 2. The topological polar surface area (TPSA) is 57.3 Å². The van der Waals surface area contributed by atoms with E-state index in [0.29, 0.717) is 0 Å². The normalized spacial score (nSPS) is 16.2. The minimum absolute atomic E-state index is 0. The van der Waals surface area contributed by atoms with Gasteiger partial charge in [-0.05, 0) is 55.5 Å². The largest absolute Gasteiger partial charge is 0.385 e. The number of rotatable bonds is 3. The van der Waals surface area contributed by atoms with Gasteiger partial charge in [0.1, 0.15) is 5.82 Å². The van der Waals surface area contributed by atoms with Gasteiger partial charge in [0.15, 0.2) is 0 Å². The van der Waals surface area contributed by atoms with E-state index in [-0.39, 0.29) is 36.8 Å². The number of pyridine rings is 1. The van der Waals surface area contributed by atoms with Crippen LogP contribution >= 0.6 is 24.8 Å². The first-order chi connectivity index (χ1) is 12.3. The van der Waals surface area contributed by atoms with Crippen LogP contribution in [0.4, 0.5) is 11.5 Å². The van der Waals surface area contributed by atoms with Crippen LogP contribution in [0.3, 0.4) is 0 Å². The van der Waals surface area contributed by atoms with Gasteiger partial charge in [0, 0.05) is 43.1 Å². The molecule has 1 aromatic heterocycles. The second kappa shape index (κ2) is 9.81. The lowest BCUT2D eigenvalue weighted by Crippen LogP contribution is -2.45. The van der Waals surface area contributed by atoms with Gasteiger partial charge in [-0.1, -0.05) is 12.1 Å². The third-order valence-corrected chi connectivity index (χ3v) is 5.14. The summed E-state index contributed by atoms with van der Waals surface area (Å²) in [5, 5.41) is 6.64. The van der Waals surface area contributed by atoms with E-state index in [2.05, 4.69) is 26.6 Å². The molecule has 27 heavy (non-hydrogen) atoms. The molecule has 4 rings (SSSR count). The van der Waals surface area contributed by atoms with Crippen LogP contribution in [0.1, 0.15) is 35.2 Å². The van der Waals surface area contributed by atoms with E-state index in [0.717, 1.165) is 67.9 Å². The highest BCUT2D eigenvalue weighted by molar-refractivity contribution is 5.97. The van der Waals surface area contributed by atoms with Crippen LogP contribution in [0, 0.1) is 0 Å². The summed E-state index contributed by atoms with van der Waals surface area (Å²) in [6.45, 7) is 2.84. The number of carbonyl (C=O) groups is 1. The van der Waals surface area contributed by atoms with Gasteiger partial charge in [0.05, 0.1) is 0 Å². The Kier molecular flexibility index (Phi) is 7.75. The number of nitrogens with one attached hydrogen (secondary N) is 2. The van der Waals surface area contributed by atoms with Crippen molar-refractivity contribution in [2.45, 2.75) is 31.7 Å². The maximum Gasteiger partial charge on any atom is 0.251 e. The number of piperidine rings is 1. The van der Waals surface area contributed by atoms with Crippen molar-refractivity contribution in [1.82, 2.24) is 10.3 Å². The summed E-state index contributed by atoms with van der Waals surface area (Å²) in [6, 6.07) is 12.2. The molecule has 1 aromatic carbocycles. The van der Waals surface area contributed by atoms with E-state index in [9.17, 15) is 4.79 Å². The van der Waals surface area contributed by atoms with Crippen LogP contribution in [0.2, 0.25) is 0 Å². The summed E-state index contributed by atoms with van der Waals surface area (Å²) >= 11 is 0. The molecule has 1 saturated heterocycles. The molecule has 146 valence electrons. The maximum absolute atomic E-state index is 12.8. The molecule has 1 amide bonds. The number of hydrogen-bond donors (Lipinski definition) is 2. The highest BCUT2D eigenvalue weighted by atomic mass is 35.5. The molecule has 0 atom stereocenters. The molecule has 2 aliphatic rings. The van der Waals surface area contributed by atoms with Crippen LogP contribution in [-0.4, -0.2) is 36.6 Å². The Bertz CT molecular complexity index is 749. The lowest BCUT2D eigenvalue weighted by molar-refractivity contribution is 0.0930. The van der Waals surface area contributed by atoms with Crippen LogP contribution in [0.5, 0.6) is 0 Å². The summed E-state index contributed by atoms with van der Waals surface area (Å²) in [7, 11) is 0. The Morgan fingerprint density at radius 1 is 1.11 bits per heavy atom. The number of amides is 1. The molecule has 5 nitrogen and oxygen atoms in total. The molecule has 2 N–H and O–H groups in total. The fourth-order valence-electron chi connectivity index (χ4n) is 3.78. The minimum atomic E-state index is 0. The Labute approximate surface area is 172 Å². The Morgan fingerprint density at radius 2 is 1.93 bits per heavy atom. The van der Waals surface area contributed by atoms with Crippen molar-refractivity contribution >= 4 is 42.2 Å². The second-order valence-corrected chi connectivity index (χ2v) is 6.78. The van der Waals surface area contributed by atoms with Gasteiger partial charge in [-0.3, -0.25) is 4.79 Å². The van der Waals surface area contributed by atoms with Crippen molar-refractivity contribution in [2.75, 3.05) is 29.9 Å². The van der Waals surface area contributed by atoms with Crippen molar-refractivity contribution in [3.63, 3.8) is 0 Å². The average Bonchev–Trinajstić information content (AvgIpc) is 2.69. The molecule has 0 bridgehead atoms. The molecule has 2 aliphatic heterocycles. The Morgan fingerprint density at radius 3 is 2.67 bits per heavy atom. The van der Waals surface area contributed by atoms with Crippen LogP contribution in [0.15, 0.2) is 42.6 Å². The van der Waals surface area contributed by atoms with Gasteiger partial charge in [-0.15, -0.1) is 24.8 Å². The zero-order valence-electron chi connectivity index (χ0n) is 15.2. The van der Waals surface area contributed by atoms with Gasteiger partial charge in [-0.25, -0.2) is 4.98 Å². The zero-order chi connectivity index (χ0) is 17.1. The van der Waals surface area contributed by atoms with Crippen molar-refractivity contribution in [1.29, 1.82) is 0 Å². The van der Waals surface area contributed by atoms with Crippen molar-refractivity contribution in [3.8, 4) is 0 Å². The van der Waals surface area contributed by atoms with Crippen LogP contribution in [-0.2, 0) is 6.42 Å². The maximum atomic E-state index is 12.8. The van der Waals surface area contributed by atoms with Gasteiger partial charge < -0.3 is 15.5 Å². The van der Waals surface area contributed by atoms with Crippen molar-refractivity contribution < 1.29 is 4.79 Å². The van der Waals surface area contributed by atoms with E-state index in [4.69, 9.17) is 0 Å². The highest BCUT2D eigenvalue weighted by Gasteiger charge is 2.23. The van der Waals surface area contributed by atoms with Crippen molar-refractivity contribution in [2.24, 2.45) is 0 Å². The van der Waals surface area contributed by atoms with Gasteiger partial charge >= 0.3 is 0 Å². The minimum Gasteiger partial charge on any atom is -0.385 e. The summed E-state index contributed by atoms with van der Waals surface area (Å²) in [5.41, 5.74) is 3.11. The lowest BCUT2D eigenvalue weighted by Gasteiger charge is -2.33. The predicted molar refractivity (Wildman–Crippen MR) is 115 cm³/mol. The zero-order valence-corrected chi connectivity index (χ0v) is 16.8. The molecule has 1 fully saturated rings. The number of carbonyl (C=O) groups excluding carboxylic acids is 1. The predicted octanol–water partition coefficient (Wildman–Crippen LogP) is 3.68. The number of halogens is 2. The molecule has 0 radical (unpaired) electrons. The Hall–Kier alpha value is -1.98. The third-order valence-electron chi connectivity index (χ3n) is 5.14. The standard InChI is InChI=1S/C20H24N4O.2ClH/c25-20(17-5-3-7-18-16(17)6-4-12-21-18)23-15-9-13-24(14-10-15)19-8-1-2-11-22-19;;/h1-3,5,7-8,11,15,21H,4,6,9-10,12-14H2,(H,23,25);2*1H. The first-order valence-electron chi connectivity index (χ1n) is 9.14. The van der Waals surface area contributed by atoms with E-state index in [1.165, 1.54) is 0 Å².